The highest BCUT2D eigenvalue weighted by molar-refractivity contribution is 5.97. The van der Waals surface area contributed by atoms with Crippen molar-refractivity contribution in [2.45, 2.75) is 34.1 Å². The van der Waals surface area contributed by atoms with Gasteiger partial charge in [0.1, 0.15) is 0 Å². The molecule has 17 heavy (non-hydrogen) atoms. The lowest BCUT2D eigenvalue weighted by Crippen LogP contribution is -2.14. The molecule has 0 saturated heterocycles. The van der Waals surface area contributed by atoms with Gasteiger partial charge in [-0.2, -0.15) is 0 Å². The minimum Gasteiger partial charge on any atom is -0.478 e. The lowest BCUT2D eigenvalue weighted by atomic mass is 9.97. The number of carboxylic acids is 1. The highest BCUT2D eigenvalue weighted by atomic mass is 16.4. The Morgan fingerprint density at radius 1 is 1.24 bits per heavy atom. The quantitative estimate of drug-likeness (QED) is 0.846. The minimum absolute atomic E-state index is 0.113. The van der Waals surface area contributed by atoms with Gasteiger partial charge in [0, 0.05) is 12.1 Å². The molecule has 1 aromatic rings. The molecular weight excluding hydrogens is 218 g/mol. The highest BCUT2D eigenvalue weighted by Gasteiger charge is 2.16. The van der Waals surface area contributed by atoms with Gasteiger partial charge in [0.25, 0.3) is 0 Å². The van der Waals surface area contributed by atoms with Crippen molar-refractivity contribution in [3.8, 4) is 0 Å². The van der Waals surface area contributed by atoms with Gasteiger partial charge in [-0.15, -0.1) is 0 Å². The molecule has 0 atom stereocenters. The second-order valence-electron chi connectivity index (χ2n) is 4.07. The van der Waals surface area contributed by atoms with Crippen molar-refractivity contribution in [3.05, 3.63) is 28.3 Å². The Hall–Kier alpha value is -1.84. The number of benzene rings is 1. The van der Waals surface area contributed by atoms with Crippen molar-refractivity contribution < 1.29 is 14.7 Å². The fourth-order valence-corrected chi connectivity index (χ4v) is 1.68. The molecule has 4 nitrogen and oxygen atoms in total. The second-order valence-corrected chi connectivity index (χ2v) is 4.07. The van der Waals surface area contributed by atoms with Crippen LogP contribution in [0.2, 0.25) is 0 Å². The molecule has 1 amide bonds. The van der Waals surface area contributed by atoms with Gasteiger partial charge in [-0.3, -0.25) is 4.79 Å². The van der Waals surface area contributed by atoms with Crippen molar-refractivity contribution in [3.63, 3.8) is 0 Å². The number of carboxylic acid groups (broad SMARTS) is 1. The first kappa shape index (κ1) is 13.2. The molecule has 0 aliphatic heterocycles. The zero-order valence-corrected chi connectivity index (χ0v) is 10.5. The van der Waals surface area contributed by atoms with Gasteiger partial charge < -0.3 is 10.4 Å². The van der Waals surface area contributed by atoms with Crippen LogP contribution in [0, 0.1) is 20.8 Å². The summed E-state index contributed by atoms with van der Waals surface area (Å²) in [5.41, 5.74) is 3.23. The molecule has 0 bridgehead atoms. The molecule has 0 heterocycles. The standard InChI is InChI=1S/C13H17NO3/c1-5-11(15)14-12-8(3)7(2)6-10(9(12)4)13(16)17/h6H,5H2,1-4H3,(H,14,15)(H,16,17). The smallest absolute Gasteiger partial charge is 0.336 e. The molecule has 0 aliphatic carbocycles. The molecule has 0 unspecified atom stereocenters. The summed E-state index contributed by atoms with van der Waals surface area (Å²) in [4.78, 5) is 22.5. The normalized spacial score (nSPS) is 10.1. The van der Waals surface area contributed by atoms with E-state index in [1.54, 1.807) is 19.9 Å². The van der Waals surface area contributed by atoms with E-state index in [1.165, 1.54) is 0 Å². The summed E-state index contributed by atoms with van der Waals surface area (Å²) in [6, 6.07) is 1.63. The lowest BCUT2D eigenvalue weighted by molar-refractivity contribution is -0.115. The molecule has 0 aliphatic rings. The fourth-order valence-electron chi connectivity index (χ4n) is 1.68. The van der Waals surface area contributed by atoms with Gasteiger partial charge in [-0.05, 0) is 43.5 Å². The van der Waals surface area contributed by atoms with Gasteiger partial charge >= 0.3 is 5.97 Å². The summed E-state index contributed by atoms with van der Waals surface area (Å²) in [5, 5.41) is 11.8. The van der Waals surface area contributed by atoms with Crippen LogP contribution in [0.5, 0.6) is 0 Å². The molecule has 1 aromatic carbocycles. The van der Waals surface area contributed by atoms with Gasteiger partial charge in [0.2, 0.25) is 5.91 Å². The van der Waals surface area contributed by atoms with Crippen LogP contribution >= 0.6 is 0 Å². The van der Waals surface area contributed by atoms with Crippen molar-refractivity contribution >= 4 is 17.6 Å². The number of carbonyl (C=O) groups is 2. The average Bonchev–Trinajstić information content (AvgIpc) is 2.28. The maximum atomic E-state index is 11.4. The number of hydrogen-bond donors (Lipinski definition) is 2. The van der Waals surface area contributed by atoms with E-state index in [2.05, 4.69) is 5.32 Å². The average molecular weight is 235 g/mol. The number of rotatable bonds is 3. The van der Waals surface area contributed by atoms with Crippen molar-refractivity contribution in [1.82, 2.24) is 0 Å². The van der Waals surface area contributed by atoms with Crippen LogP contribution in [0.1, 0.15) is 40.4 Å². The van der Waals surface area contributed by atoms with Crippen LogP contribution in [0.3, 0.4) is 0 Å². The van der Waals surface area contributed by atoms with Gasteiger partial charge in [0.05, 0.1) is 5.56 Å². The van der Waals surface area contributed by atoms with E-state index >= 15 is 0 Å². The van der Waals surface area contributed by atoms with Crippen molar-refractivity contribution in [2.75, 3.05) is 5.32 Å². The molecule has 2 N–H and O–H groups in total. The van der Waals surface area contributed by atoms with E-state index in [4.69, 9.17) is 5.11 Å². The Kier molecular flexibility index (Phi) is 3.89. The Morgan fingerprint density at radius 2 is 1.82 bits per heavy atom. The Bertz CT molecular complexity index is 478. The monoisotopic (exact) mass is 235 g/mol. The summed E-state index contributed by atoms with van der Waals surface area (Å²) in [7, 11) is 0. The molecular formula is C13H17NO3. The number of hydrogen-bond acceptors (Lipinski definition) is 2. The number of nitrogens with one attached hydrogen (secondary N) is 1. The van der Waals surface area contributed by atoms with Crippen LogP contribution in [0.4, 0.5) is 5.69 Å². The fraction of sp³-hybridized carbons (Fsp3) is 0.385. The summed E-state index contributed by atoms with van der Waals surface area (Å²) >= 11 is 0. The third-order valence-electron chi connectivity index (χ3n) is 2.92. The number of carbonyl (C=O) groups excluding carboxylic acids is 1. The molecule has 0 fully saturated rings. The van der Waals surface area contributed by atoms with E-state index in [1.807, 2.05) is 13.8 Å². The van der Waals surface area contributed by atoms with Crippen LogP contribution in [0.15, 0.2) is 6.07 Å². The summed E-state index contributed by atoms with van der Waals surface area (Å²) in [5.74, 6) is -1.09. The van der Waals surface area contributed by atoms with Crippen LogP contribution in [-0.2, 0) is 4.79 Å². The zero-order valence-electron chi connectivity index (χ0n) is 10.5. The van der Waals surface area contributed by atoms with Crippen LogP contribution in [-0.4, -0.2) is 17.0 Å². The first-order valence-electron chi connectivity index (χ1n) is 5.52. The number of anilines is 1. The van der Waals surface area contributed by atoms with E-state index in [0.29, 0.717) is 17.7 Å². The molecule has 92 valence electrons. The topological polar surface area (TPSA) is 66.4 Å². The maximum absolute atomic E-state index is 11.4. The molecule has 0 spiro atoms. The third-order valence-corrected chi connectivity index (χ3v) is 2.92. The Labute approximate surface area is 101 Å². The Balaban J connectivity index is 3.36. The predicted octanol–water partition coefficient (Wildman–Crippen LogP) is 2.66. The Morgan fingerprint density at radius 3 is 2.29 bits per heavy atom. The SMILES string of the molecule is CCC(=O)Nc1c(C)c(C)cc(C(=O)O)c1C. The van der Waals surface area contributed by atoms with E-state index < -0.39 is 5.97 Å². The second kappa shape index (κ2) is 4.99. The van der Waals surface area contributed by atoms with Crippen LogP contribution in [0.25, 0.3) is 0 Å². The predicted molar refractivity (Wildman–Crippen MR) is 66.5 cm³/mol. The number of aryl methyl sites for hydroxylation is 1. The van der Waals surface area contributed by atoms with Gasteiger partial charge in [-0.25, -0.2) is 4.79 Å². The number of amides is 1. The van der Waals surface area contributed by atoms with Gasteiger partial charge in [0.15, 0.2) is 0 Å². The molecule has 0 aromatic heterocycles. The molecule has 1 rings (SSSR count). The summed E-state index contributed by atoms with van der Waals surface area (Å²) < 4.78 is 0. The summed E-state index contributed by atoms with van der Waals surface area (Å²) in [6.07, 6.45) is 0.370. The van der Waals surface area contributed by atoms with Gasteiger partial charge in [-0.1, -0.05) is 6.92 Å². The third kappa shape index (κ3) is 2.64. The van der Waals surface area contributed by atoms with Crippen molar-refractivity contribution in [1.29, 1.82) is 0 Å². The molecule has 0 saturated carbocycles. The van der Waals surface area contributed by atoms with Crippen LogP contribution < -0.4 is 5.32 Å². The zero-order chi connectivity index (χ0) is 13.2. The minimum atomic E-state index is -0.974. The molecule has 0 radical (unpaired) electrons. The van der Waals surface area contributed by atoms with E-state index in [9.17, 15) is 9.59 Å². The largest absolute Gasteiger partial charge is 0.478 e. The summed E-state index contributed by atoms with van der Waals surface area (Å²) in [6.45, 7) is 7.18. The molecule has 4 heteroatoms. The first-order chi connectivity index (χ1) is 7.88. The van der Waals surface area contributed by atoms with E-state index in [0.717, 1.165) is 11.1 Å². The number of aromatic carboxylic acids is 1. The lowest BCUT2D eigenvalue weighted by Gasteiger charge is -2.15. The highest BCUT2D eigenvalue weighted by Crippen LogP contribution is 2.27. The maximum Gasteiger partial charge on any atom is 0.336 e. The first-order valence-corrected chi connectivity index (χ1v) is 5.52. The van der Waals surface area contributed by atoms with Crippen molar-refractivity contribution in [2.24, 2.45) is 0 Å². The van der Waals surface area contributed by atoms with E-state index in [-0.39, 0.29) is 11.5 Å².